The molecule has 2 aromatic carbocycles. The summed E-state index contributed by atoms with van der Waals surface area (Å²) in [5.74, 6) is -0.627. The van der Waals surface area contributed by atoms with E-state index in [9.17, 15) is 14.4 Å². The second kappa shape index (κ2) is 10.9. The van der Waals surface area contributed by atoms with Crippen molar-refractivity contribution in [3.8, 4) is 0 Å². The molecule has 0 saturated carbocycles. The summed E-state index contributed by atoms with van der Waals surface area (Å²) in [5.41, 5.74) is 5.12. The molecule has 2 amide bonds. The first-order valence-electron chi connectivity index (χ1n) is 12.4. The summed E-state index contributed by atoms with van der Waals surface area (Å²) in [7, 11) is 3.38. The van der Waals surface area contributed by atoms with Gasteiger partial charge in [-0.3, -0.25) is 14.6 Å². The number of hydrogen-bond acceptors (Lipinski definition) is 7. The first kappa shape index (κ1) is 25.2. The highest BCUT2D eigenvalue weighted by Gasteiger charge is 2.29. The van der Waals surface area contributed by atoms with Gasteiger partial charge in [0.05, 0.1) is 36.1 Å². The first-order chi connectivity index (χ1) is 18.4. The van der Waals surface area contributed by atoms with Crippen LogP contribution >= 0.6 is 0 Å². The van der Waals surface area contributed by atoms with Crippen molar-refractivity contribution in [2.75, 3.05) is 51.0 Å². The molecule has 0 bridgehead atoms. The van der Waals surface area contributed by atoms with Crippen LogP contribution in [0, 0.1) is 0 Å². The van der Waals surface area contributed by atoms with Crippen molar-refractivity contribution in [1.82, 2.24) is 14.8 Å². The van der Waals surface area contributed by atoms with E-state index in [0.29, 0.717) is 34.5 Å². The van der Waals surface area contributed by atoms with Crippen molar-refractivity contribution >= 4 is 40.4 Å². The minimum Gasteiger partial charge on any atom is -0.465 e. The third-order valence-electron chi connectivity index (χ3n) is 6.84. The SMILES string of the molecule is COC(=O)c1ccc2c(c1)NC(=O)C2=C(Nc1ccc(CC(=O)N2CCN(C)CC2)cc1)c1ccncc1. The Bertz CT molecular complexity index is 1390. The van der Waals surface area contributed by atoms with Crippen LogP contribution < -0.4 is 10.6 Å². The molecule has 2 aliphatic heterocycles. The van der Waals surface area contributed by atoms with Crippen molar-refractivity contribution < 1.29 is 19.1 Å². The fraction of sp³-hybridized carbons (Fsp3) is 0.241. The number of rotatable bonds is 6. The van der Waals surface area contributed by atoms with Gasteiger partial charge in [-0.25, -0.2) is 4.79 Å². The second-order valence-electron chi connectivity index (χ2n) is 9.37. The van der Waals surface area contributed by atoms with Crippen LogP contribution in [-0.4, -0.2) is 72.9 Å². The fourth-order valence-corrected chi connectivity index (χ4v) is 4.66. The van der Waals surface area contributed by atoms with Gasteiger partial charge in [-0.15, -0.1) is 0 Å². The summed E-state index contributed by atoms with van der Waals surface area (Å²) in [6, 6.07) is 16.3. The molecule has 0 aliphatic carbocycles. The van der Waals surface area contributed by atoms with Crippen molar-refractivity contribution in [2.45, 2.75) is 6.42 Å². The number of nitrogens with one attached hydrogen (secondary N) is 2. The van der Waals surface area contributed by atoms with E-state index in [2.05, 4.69) is 27.6 Å². The fourth-order valence-electron chi connectivity index (χ4n) is 4.66. The lowest BCUT2D eigenvalue weighted by atomic mass is 9.99. The summed E-state index contributed by atoms with van der Waals surface area (Å²) in [4.78, 5) is 46.1. The zero-order chi connectivity index (χ0) is 26.6. The highest BCUT2D eigenvalue weighted by atomic mass is 16.5. The highest BCUT2D eigenvalue weighted by molar-refractivity contribution is 6.37. The second-order valence-corrected chi connectivity index (χ2v) is 9.37. The number of pyridine rings is 1. The highest BCUT2D eigenvalue weighted by Crippen LogP contribution is 2.38. The van der Waals surface area contributed by atoms with Crippen molar-refractivity contribution in [3.63, 3.8) is 0 Å². The number of aromatic nitrogens is 1. The molecule has 9 heteroatoms. The van der Waals surface area contributed by atoms with Gasteiger partial charge in [0.2, 0.25) is 5.91 Å². The van der Waals surface area contributed by atoms with Crippen LogP contribution in [0.3, 0.4) is 0 Å². The van der Waals surface area contributed by atoms with Crippen LogP contribution in [-0.2, 0) is 20.7 Å². The lowest BCUT2D eigenvalue weighted by Gasteiger charge is -2.32. The number of esters is 1. The van der Waals surface area contributed by atoms with Crippen LogP contribution in [0.1, 0.15) is 27.0 Å². The zero-order valence-corrected chi connectivity index (χ0v) is 21.4. The average molecular weight is 512 g/mol. The number of likely N-dealkylation sites (N-methyl/N-ethyl adjacent to an activating group) is 1. The lowest BCUT2D eigenvalue weighted by Crippen LogP contribution is -2.47. The number of benzene rings is 2. The van der Waals surface area contributed by atoms with E-state index < -0.39 is 5.97 Å². The van der Waals surface area contributed by atoms with E-state index in [-0.39, 0.29) is 11.8 Å². The van der Waals surface area contributed by atoms with E-state index in [0.717, 1.165) is 43.0 Å². The molecule has 2 aliphatic rings. The van der Waals surface area contributed by atoms with E-state index in [1.807, 2.05) is 41.3 Å². The maximum absolute atomic E-state index is 13.1. The van der Waals surface area contributed by atoms with Gasteiger partial charge in [0, 0.05) is 55.4 Å². The van der Waals surface area contributed by atoms with Gasteiger partial charge >= 0.3 is 5.97 Å². The van der Waals surface area contributed by atoms with E-state index in [1.165, 1.54) is 7.11 Å². The molecule has 1 saturated heterocycles. The molecular weight excluding hydrogens is 482 g/mol. The largest absolute Gasteiger partial charge is 0.465 e. The van der Waals surface area contributed by atoms with Gasteiger partial charge in [-0.1, -0.05) is 18.2 Å². The quantitative estimate of drug-likeness (QED) is 0.387. The predicted octanol–water partition coefficient (Wildman–Crippen LogP) is 3.12. The average Bonchev–Trinajstić information content (AvgIpc) is 3.27. The normalized spacial score (nSPS) is 16.5. The van der Waals surface area contributed by atoms with Gasteiger partial charge in [0.25, 0.3) is 5.91 Å². The van der Waals surface area contributed by atoms with Crippen molar-refractivity contribution in [1.29, 1.82) is 0 Å². The summed E-state index contributed by atoms with van der Waals surface area (Å²) < 4.78 is 4.81. The maximum atomic E-state index is 13.1. The Balaban J connectivity index is 1.42. The molecule has 1 fully saturated rings. The van der Waals surface area contributed by atoms with Gasteiger partial charge < -0.3 is 25.2 Å². The van der Waals surface area contributed by atoms with Gasteiger partial charge in [-0.2, -0.15) is 0 Å². The Morgan fingerprint density at radius 1 is 0.974 bits per heavy atom. The van der Waals surface area contributed by atoms with Crippen LogP contribution in [0.5, 0.6) is 0 Å². The number of ether oxygens (including phenoxy) is 1. The molecule has 3 heterocycles. The number of piperazine rings is 1. The minimum atomic E-state index is -0.474. The van der Waals surface area contributed by atoms with Crippen LogP contribution in [0.4, 0.5) is 11.4 Å². The van der Waals surface area contributed by atoms with E-state index in [1.54, 1.807) is 30.6 Å². The molecule has 38 heavy (non-hydrogen) atoms. The number of fused-ring (bicyclic) bond motifs is 1. The minimum absolute atomic E-state index is 0.129. The van der Waals surface area contributed by atoms with E-state index >= 15 is 0 Å². The molecule has 3 aromatic rings. The smallest absolute Gasteiger partial charge is 0.337 e. The topological polar surface area (TPSA) is 104 Å². The maximum Gasteiger partial charge on any atom is 0.337 e. The molecule has 2 N–H and O–H groups in total. The summed E-state index contributed by atoms with van der Waals surface area (Å²) in [5, 5.41) is 6.27. The number of hydrogen-bond donors (Lipinski definition) is 2. The summed E-state index contributed by atoms with van der Waals surface area (Å²) in [6.07, 6.45) is 3.68. The van der Waals surface area contributed by atoms with Gasteiger partial charge in [0.15, 0.2) is 0 Å². The molecule has 0 unspecified atom stereocenters. The van der Waals surface area contributed by atoms with Crippen LogP contribution in [0.15, 0.2) is 67.0 Å². The molecule has 9 nitrogen and oxygen atoms in total. The lowest BCUT2D eigenvalue weighted by molar-refractivity contribution is -0.132. The number of carbonyl (C=O) groups is 3. The Morgan fingerprint density at radius 3 is 2.37 bits per heavy atom. The number of anilines is 2. The molecule has 1 aromatic heterocycles. The standard InChI is InChI=1S/C29H29N5O4/c1-33-13-15-34(16-14-33)25(35)17-19-3-6-22(7-4-19)31-27(20-9-11-30-12-10-20)26-23-8-5-21(29(37)38-2)18-24(23)32-28(26)36/h3-12,18,31H,13-17H2,1-2H3,(H,32,36). The van der Waals surface area contributed by atoms with Crippen molar-refractivity contribution in [2.24, 2.45) is 0 Å². The number of carbonyl (C=O) groups excluding carboxylic acids is 3. The molecular formula is C29H29N5O4. The molecule has 194 valence electrons. The van der Waals surface area contributed by atoms with Gasteiger partial charge in [-0.05, 0) is 49.0 Å². The molecule has 5 rings (SSSR count). The zero-order valence-electron chi connectivity index (χ0n) is 21.4. The molecule has 0 radical (unpaired) electrons. The van der Waals surface area contributed by atoms with Crippen LogP contribution in [0.25, 0.3) is 11.3 Å². The summed E-state index contributed by atoms with van der Waals surface area (Å²) in [6.45, 7) is 3.29. The summed E-state index contributed by atoms with van der Waals surface area (Å²) >= 11 is 0. The third kappa shape index (κ3) is 5.28. The first-order valence-corrected chi connectivity index (χ1v) is 12.4. The van der Waals surface area contributed by atoms with Crippen LogP contribution in [0.2, 0.25) is 0 Å². The Kier molecular flexibility index (Phi) is 7.19. The molecule has 0 atom stereocenters. The Hall–Kier alpha value is -4.50. The number of amides is 2. The Morgan fingerprint density at radius 2 is 1.68 bits per heavy atom. The van der Waals surface area contributed by atoms with Crippen molar-refractivity contribution in [3.05, 3.63) is 89.2 Å². The van der Waals surface area contributed by atoms with E-state index in [4.69, 9.17) is 4.74 Å². The molecule has 0 spiro atoms. The number of nitrogens with zero attached hydrogens (tertiary/aromatic N) is 3. The van der Waals surface area contributed by atoms with Gasteiger partial charge in [0.1, 0.15) is 0 Å². The predicted molar refractivity (Wildman–Crippen MR) is 145 cm³/mol. The third-order valence-corrected chi connectivity index (χ3v) is 6.84. The monoisotopic (exact) mass is 511 g/mol. The Labute approximate surface area is 221 Å². The number of methoxy groups -OCH3 is 1.